The standard InChI is InChI=1S/C13H24O/c1-6-10(3)8-9-12(5)13(14)11(4)7-2/h6,8,11-14H,1,7,9H2,2-5H3. The molecule has 1 nitrogen and oxygen atoms in total. The molecule has 3 atom stereocenters. The van der Waals surface area contributed by atoms with Gasteiger partial charge < -0.3 is 5.11 Å². The summed E-state index contributed by atoms with van der Waals surface area (Å²) in [7, 11) is 0. The second-order valence-corrected chi connectivity index (χ2v) is 4.24. The molecule has 0 aliphatic carbocycles. The molecule has 1 heteroatoms. The SMILES string of the molecule is C=CC(C)=CCC(C)C(O)C(C)CC. The first-order valence-corrected chi connectivity index (χ1v) is 5.50. The minimum absolute atomic E-state index is 0.186. The van der Waals surface area contributed by atoms with Gasteiger partial charge in [-0.05, 0) is 25.2 Å². The summed E-state index contributed by atoms with van der Waals surface area (Å²) in [6, 6.07) is 0. The van der Waals surface area contributed by atoms with Crippen molar-refractivity contribution in [1.29, 1.82) is 0 Å². The molecular weight excluding hydrogens is 172 g/mol. The average molecular weight is 196 g/mol. The molecule has 0 radical (unpaired) electrons. The molecule has 0 bridgehead atoms. The molecule has 0 aromatic carbocycles. The molecule has 3 unspecified atom stereocenters. The van der Waals surface area contributed by atoms with Crippen molar-refractivity contribution in [3.63, 3.8) is 0 Å². The summed E-state index contributed by atoms with van der Waals surface area (Å²) in [6.07, 6.45) is 5.78. The third kappa shape index (κ3) is 4.61. The Labute approximate surface area is 88.5 Å². The molecule has 0 aromatic heterocycles. The average Bonchev–Trinajstić information content (AvgIpc) is 2.22. The summed E-state index contributed by atoms with van der Waals surface area (Å²) in [5, 5.41) is 9.92. The highest BCUT2D eigenvalue weighted by atomic mass is 16.3. The highest BCUT2D eigenvalue weighted by Crippen LogP contribution is 2.19. The van der Waals surface area contributed by atoms with Crippen LogP contribution in [0.1, 0.15) is 40.5 Å². The minimum atomic E-state index is -0.186. The Balaban J connectivity index is 4.07. The quantitative estimate of drug-likeness (QED) is 0.644. The first-order chi connectivity index (χ1) is 6.52. The van der Waals surface area contributed by atoms with E-state index < -0.39 is 0 Å². The fraction of sp³-hybridized carbons (Fsp3) is 0.692. The normalized spacial score (nSPS) is 18.8. The van der Waals surface area contributed by atoms with Gasteiger partial charge in [0.2, 0.25) is 0 Å². The predicted molar refractivity (Wildman–Crippen MR) is 63.2 cm³/mol. The van der Waals surface area contributed by atoms with Gasteiger partial charge >= 0.3 is 0 Å². The fourth-order valence-electron chi connectivity index (χ4n) is 1.40. The second kappa shape index (κ2) is 6.83. The van der Waals surface area contributed by atoms with Crippen molar-refractivity contribution in [2.75, 3.05) is 0 Å². The van der Waals surface area contributed by atoms with Crippen LogP contribution in [0, 0.1) is 11.8 Å². The van der Waals surface area contributed by atoms with Crippen LogP contribution in [0.4, 0.5) is 0 Å². The lowest BCUT2D eigenvalue weighted by molar-refractivity contribution is 0.0643. The zero-order valence-electron chi connectivity index (χ0n) is 9.96. The van der Waals surface area contributed by atoms with Crippen molar-refractivity contribution in [3.8, 4) is 0 Å². The van der Waals surface area contributed by atoms with E-state index in [2.05, 4.69) is 33.4 Å². The molecule has 0 fully saturated rings. The first-order valence-electron chi connectivity index (χ1n) is 5.50. The van der Waals surface area contributed by atoms with Crippen molar-refractivity contribution in [2.45, 2.75) is 46.6 Å². The van der Waals surface area contributed by atoms with E-state index in [9.17, 15) is 5.11 Å². The van der Waals surface area contributed by atoms with Gasteiger partial charge in [-0.3, -0.25) is 0 Å². The summed E-state index contributed by atoms with van der Waals surface area (Å²) in [6.45, 7) is 12.1. The number of allylic oxidation sites excluding steroid dienone is 3. The van der Waals surface area contributed by atoms with Crippen LogP contribution in [0.3, 0.4) is 0 Å². The molecule has 0 rings (SSSR count). The largest absolute Gasteiger partial charge is 0.393 e. The van der Waals surface area contributed by atoms with E-state index in [0.717, 1.165) is 12.8 Å². The van der Waals surface area contributed by atoms with Gasteiger partial charge in [0, 0.05) is 0 Å². The van der Waals surface area contributed by atoms with E-state index in [4.69, 9.17) is 0 Å². The van der Waals surface area contributed by atoms with Crippen molar-refractivity contribution >= 4 is 0 Å². The van der Waals surface area contributed by atoms with E-state index in [1.165, 1.54) is 5.57 Å². The maximum Gasteiger partial charge on any atom is 0.0594 e. The zero-order valence-corrected chi connectivity index (χ0v) is 9.96. The van der Waals surface area contributed by atoms with E-state index in [0.29, 0.717) is 11.8 Å². The highest BCUT2D eigenvalue weighted by molar-refractivity contribution is 5.12. The van der Waals surface area contributed by atoms with Crippen molar-refractivity contribution in [2.24, 2.45) is 11.8 Å². The molecule has 82 valence electrons. The van der Waals surface area contributed by atoms with Gasteiger partial charge in [-0.15, -0.1) is 0 Å². The van der Waals surface area contributed by atoms with Gasteiger partial charge in [0.15, 0.2) is 0 Å². The maximum absolute atomic E-state index is 9.92. The Bertz CT molecular complexity index is 193. The fourth-order valence-corrected chi connectivity index (χ4v) is 1.40. The highest BCUT2D eigenvalue weighted by Gasteiger charge is 2.18. The lowest BCUT2D eigenvalue weighted by Gasteiger charge is -2.23. The van der Waals surface area contributed by atoms with E-state index in [-0.39, 0.29) is 6.10 Å². The van der Waals surface area contributed by atoms with Crippen LogP contribution in [0.15, 0.2) is 24.3 Å². The number of rotatable bonds is 6. The van der Waals surface area contributed by atoms with Gasteiger partial charge in [0.05, 0.1) is 6.10 Å². The Morgan fingerprint density at radius 1 is 1.36 bits per heavy atom. The van der Waals surface area contributed by atoms with Crippen molar-refractivity contribution in [1.82, 2.24) is 0 Å². The predicted octanol–water partition coefficient (Wildman–Crippen LogP) is 3.55. The summed E-state index contributed by atoms with van der Waals surface area (Å²) in [4.78, 5) is 0. The van der Waals surface area contributed by atoms with Crippen LogP contribution in [-0.2, 0) is 0 Å². The summed E-state index contributed by atoms with van der Waals surface area (Å²) in [5.41, 5.74) is 1.19. The van der Waals surface area contributed by atoms with Crippen LogP contribution >= 0.6 is 0 Å². The van der Waals surface area contributed by atoms with Crippen LogP contribution in [0.2, 0.25) is 0 Å². The van der Waals surface area contributed by atoms with Gasteiger partial charge in [-0.2, -0.15) is 0 Å². The number of aliphatic hydroxyl groups is 1. The zero-order chi connectivity index (χ0) is 11.1. The molecule has 14 heavy (non-hydrogen) atoms. The van der Waals surface area contributed by atoms with Gasteiger partial charge in [-0.25, -0.2) is 0 Å². The third-order valence-electron chi connectivity index (χ3n) is 2.94. The Kier molecular flexibility index (Phi) is 6.56. The molecule has 0 aliphatic heterocycles. The summed E-state index contributed by atoms with van der Waals surface area (Å²) >= 11 is 0. The number of hydrogen-bond donors (Lipinski definition) is 1. The van der Waals surface area contributed by atoms with Crippen LogP contribution in [0.25, 0.3) is 0 Å². The van der Waals surface area contributed by atoms with Crippen LogP contribution in [0.5, 0.6) is 0 Å². The van der Waals surface area contributed by atoms with Gasteiger partial charge in [0.1, 0.15) is 0 Å². The molecular formula is C13H24O. The third-order valence-corrected chi connectivity index (χ3v) is 2.94. The minimum Gasteiger partial charge on any atom is -0.393 e. The van der Waals surface area contributed by atoms with E-state index in [1.54, 1.807) is 0 Å². The smallest absolute Gasteiger partial charge is 0.0594 e. The Morgan fingerprint density at radius 3 is 2.36 bits per heavy atom. The Morgan fingerprint density at radius 2 is 1.93 bits per heavy atom. The molecule has 0 saturated heterocycles. The molecule has 1 N–H and O–H groups in total. The Hall–Kier alpha value is -0.560. The first kappa shape index (κ1) is 13.4. The van der Waals surface area contributed by atoms with Gasteiger partial charge in [0.25, 0.3) is 0 Å². The van der Waals surface area contributed by atoms with E-state index >= 15 is 0 Å². The topological polar surface area (TPSA) is 20.2 Å². The number of hydrogen-bond acceptors (Lipinski definition) is 1. The lowest BCUT2D eigenvalue weighted by Crippen LogP contribution is -2.24. The number of aliphatic hydroxyl groups excluding tert-OH is 1. The molecule has 0 heterocycles. The van der Waals surface area contributed by atoms with Crippen LogP contribution in [-0.4, -0.2) is 11.2 Å². The lowest BCUT2D eigenvalue weighted by atomic mass is 9.89. The molecule has 0 saturated carbocycles. The maximum atomic E-state index is 9.92. The van der Waals surface area contributed by atoms with E-state index in [1.807, 2.05) is 13.0 Å². The van der Waals surface area contributed by atoms with Crippen LogP contribution < -0.4 is 0 Å². The second-order valence-electron chi connectivity index (χ2n) is 4.24. The molecule has 0 spiro atoms. The van der Waals surface area contributed by atoms with Crippen molar-refractivity contribution < 1.29 is 5.11 Å². The van der Waals surface area contributed by atoms with Gasteiger partial charge in [-0.1, -0.05) is 51.5 Å². The molecule has 0 amide bonds. The van der Waals surface area contributed by atoms with Crippen molar-refractivity contribution in [3.05, 3.63) is 24.3 Å². The summed E-state index contributed by atoms with van der Waals surface area (Å²) in [5.74, 6) is 0.724. The molecule has 0 aliphatic rings. The monoisotopic (exact) mass is 196 g/mol. The molecule has 0 aromatic rings. The summed E-state index contributed by atoms with van der Waals surface area (Å²) < 4.78 is 0.